The first-order valence-corrected chi connectivity index (χ1v) is 19.3. The normalized spacial score (nSPS) is 11.5. The Balaban J connectivity index is 1.03. The third kappa shape index (κ3) is 5.68. The van der Waals surface area contributed by atoms with Gasteiger partial charge in [0, 0.05) is 32.8 Å². The van der Waals surface area contributed by atoms with Gasteiger partial charge >= 0.3 is 0 Å². The van der Waals surface area contributed by atoms with E-state index in [1.807, 2.05) is 24.3 Å². The average Bonchev–Trinajstić information content (AvgIpc) is 3.68. The van der Waals surface area contributed by atoms with E-state index in [9.17, 15) is 0 Å². The van der Waals surface area contributed by atoms with E-state index in [1.165, 1.54) is 33.0 Å². The van der Waals surface area contributed by atoms with Gasteiger partial charge in [-0.3, -0.25) is 0 Å². The van der Waals surface area contributed by atoms with Crippen LogP contribution in [0.15, 0.2) is 211 Å². The van der Waals surface area contributed by atoms with Crippen LogP contribution in [0.2, 0.25) is 0 Å². The molecule has 0 aliphatic heterocycles. The van der Waals surface area contributed by atoms with Crippen molar-refractivity contribution in [1.29, 1.82) is 0 Å². The molecule has 0 saturated heterocycles. The van der Waals surface area contributed by atoms with Crippen LogP contribution >= 0.6 is 0 Å². The standard InChI is InChI=1S/C54H34N2O/c1-4-15-35(16-5-1)41-25-14-26-51-52(41)48-33-47(44-23-12-13-24-46(44)53(48)57-51)37-29-27-36(28-30-37)40-31-32-45(43-22-11-10-21-42(40)43)50-34-49(38-17-6-2-7-18-38)55-54(56-50)39-19-8-3-9-20-39/h1-34H. The third-order valence-corrected chi connectivity index (χ3v) is 11.1. The van der Waals surface area contributed by atoms with Gasteiger partial charge in [-0.05, 0) is 67.7 Å². The van der Waals surface area contributed by atoms with Gasteiger partial charge in [0.1, 0.15) is 11.2 Å². The van der Waals surface area contributed by atoms with Crippen molar-refractivity contribution in [2.24, 2.45) is 0 Å². The minimum Gasteiger partial charge on any atom is -0.455 e. The van der Waals surface area contributed by atoms with Crippen LogP contribution in [0.5, 0.6) is 0 Å². The van der Waals surface area contributed by atoms with Crippen molar-refractivity contribution >= 4 is 43.5 Å². The fraction of sp³-hybridized carbons (Fsp3) is 0. The maximum absolute atomic E-state index is 6.63. The van der Waals surface area contributed by atoms with Crippen LogP contribution in [0.25, 0.3) is 111 Å². The van der Waals surface area contributed by atoms with Gasteiger partial charge in [-0.2, -0.15) is 0 Å². The lowest BCUT2D eigenvalue weighted by Gasteiger charge is -2.14. The van der Waals surface area contributed by atoms with Gasteiger partial charge in [0.05, 0.1) is 11.4 Å². The number of hydrogen-bond donors (Lipinski definition) is 0. The molecule has 0 fully saturated rings. The zero-order valence-corrected chi connectivity index (χ0v) is 30.9. The molecule has 3 heteroatoms. The Hall–Kier alpha value is -7.62. The van der Waals surface area contributed by atoms with E-state index in [0.29, 0.717) is 5.82 Å². The molecule has 266 valence electrons. The summed E-state index contributed by atoms with van der Waals surface area (Å²) in [6, 6.07) is 72.7. The molecule has 0 radical (unpaired) electrons. The Morgan fingerprint density at radius 2 is 0.807 bits per heavy atom. The topological polar surface area (TPSA) is 38.9 Å². The maximum atomic E-state index is 6.63. The molecular formula is C54H34N2O. The largest absolute Gasteiger partial charge is 0.455 e. The summed E-state index contributed by atoms with van der Waals surface area (Å²) in [4.78, 5) is 10.2. The van der Waals surface area contributed by atoms with E-state index in [0.717, 1.165) is 71.9 Å². The molecule has 0 bridgehead atoms. The lowest BCUT2D eigenvalue weighted by atomic mass is 9.91. The van der Waals surface area contributed by atoms with Crippen LogP contribution in [0.4, 0.5) is 0 Å². The lowest BCUT2D eigenvalue weighted by Crippen LogP contribution is -1.96. The molecule has 0 amide bonds. The molecule has 0 aliphatic carbocycles. The Bertz CT molecular complexity index is 3200. The summed E-state index contributed by atoms with van der Waals surface area (Å²) in [7, 11) is 0. The molecule has 3 nitrogen and oxygen atoms in total. The average molecular weight is 727 g/mol. The summed E-state index contributed by atoms with van der Waals surface area (Å²) in [5.41, 5.74) is 13.8. The van der Waals surface area contributed by atoms with Gasteiger partial charge in [-0.1, -0.05) is 188 Å². The fourth-order valence-electron chi connectivity index (χ4n) is 8.41. The van der Waals surface area contributed by atoms with E-state index in [1.54, 1.807) is 0 Å². The van der Waals surface area contributed by atoms with E-state index in [-0.39, 0.29) is 0 Å². The van der Waals surface area contributed by atoms with Crippen LogP contribution in [0.1, 0.15) is 0 Å². The van der Waals surface area contributed by atoms with Gasteiger partial charge in [-0.25, -0.2) is 9.97 Å². The number of fused-ring (bicyclic) bond motifs is 6. The van der Waals surface area contributed by atoms with Gasteiger partial charge in [-0.15, -0.1) is 0 Å². The molecule has 0 aliphatic rings. The Morgan fingerprint density at radius 1 is 0.298 bits per heavy atom. The summed E-state index contributed by atoms with van der Waals surface area (Å²) in [5, 5.41) is 6.87. The number of nitrogens with zero attached hydrogens (tertiary/aromatic N) is 2. The summed E-state index contributed by atoms with van der Waals surface area (Å²) >= 11 is 0. The van der Waals surface area contributed by atoms with Crippen molar-refractivity contribution in [3.05, 3.63) is 206 Å². The summed E-state index contributed by atoms with van der Waals surface area (Å²) < 4.78 is 6.63. The van der Waals surface area contributed by atoms with Gasteiger partial charge in [0.2, 0.25) is 0 Å². The minimum atomic E-state index is 0.709. The van der Waals surface area contributed by atoms with Gasteiger partial charge in [0.15, 0.2) is 5.82 Å². The van der Waals surface area contributed by atoms with Crippen molar-refractivity contribution in [3.63, 3.8) is 0 Å². The van der Waals surface area contributed by atoms with E-state index in [2.05, 4.69) is 182 Å². The van der Waals surface area contributed by atoms with Gasteiger partial charge < -0.3 is 4.42 Å². The first kappa shape index (κ1) is 32.8. The van der Waals surface area contributed by atoms with Crippen molar-refractivity contribution in [2.45, 2.75) is 0 Å². The molecule has 11 aromatic rings. The number of aromatic nitrogens is 2. The van der Waals surface area contributed by atoms with Gasteiger partial charge in [0.25, 0.3) is 0 Å². The van der Waals surface area contributed by atoms with Crippen molar-refractivity contribution in [3.8, 4) is 67.3 Å². The monoisotopic (exact) mass is 726 g/mol. The summed E-state index contributed by atoms with van der Waals surface area (Å²) in [6.07, 6.45) is 0. The highest BCUT2D eigenvalue weighted by Crippen LogP contribution is 2.44. The predicted octanol–water partition coefficient (Wildman–Crippen LogP) is 14.7. The summed E-state index contributed by atoms with van der Waals surface area (Å²) in [5.74, 6) is 0.709. The zero-order valence-electron chi connectivity index (χ0n) is 30.9. The molecule has 0 spiro atoms. The van der Waals surface area contributed by atoms with Crippen LogP contribution in [-0.4, -0.2) is 9.97 Å². The lowest BCUT2D eigenvalue weighted by molar-refractivity contribution is 0.673. The molecule has 11 rings (SSSR count). The smallest absolute Gasteiger partial charge is 0.160 e. The molecule has 0 unspecified atom stereocenters. The Morgan fingerprint density at radius 3 is 1.49 bits per heavy atom. The highest BCUT2D eigenvalue weighted by molar-refractivity contribution is 6.22. The molecular weight excluding hydrogens is 693 g/mol. The summed E-state index contributed by atoms with van der Waals surface area (Å²) in [6.45, 7) is 0. The molecule has 0 atom stereocenters. The second kappa shape index (κ2) is 13.6. The third-order valence-electron chi connectivity index (χ3n) is 11.1. The minimum absolute atomic E-state index is 0.709. The van der Waals surface area contributed by atoms with Crippen LogP contribution in [0.3, 0.4) is 0 Å². The molecule has 9 aromatic carbocycles. The van der Waals surface area contributed by atoms with E-state index in [4.69, 9.17) is 14.4 Å². The van der Waals surface area contributed by atoms with Crippen molar-refractivity contribution in [2.75, 3.05) is 0 Å². The molecule has 0 saturated carbocycles. The fourth-order valence-corrected chi connectivity index (χ4v) is 8.41. The number of hydrogen-bond acceptors (Lipinski definition) is 3. The van der Waals surface area contributed by atoms with Crippen LogP contribution in [0, 0.1) is 0 Å². The second-order valence-corrected chi connectivity index (χ2v) is 14.5. The molecule has 2 heterocycles. The van der Waals surface area contributed by atoms with E-state index >= 15 is 0 Å². The van der Waals surface area contributed by atoms with E-state index < -0.39 is 0 Å². The maximum Gasteiger partial charge on any atom is 0.160 e. The Kier molecular flexibility index (Phi) is 7.82. The number of benzene rings is 9. The number of furan rings is 1. The number of rotatable bonds is 6. The predicted molar refractivity (Wildman–Crippen MR) is 237 cm³/mol. The quantitative estimate of drug-likeness (QED) is 0.171. The SMILES string of the molecule is c1ccc(-c2cc(-c3ccc(-c4ccc(-c5cc6c(oc7cccc(-c8ccccc8)c76)c6ccccc56)cc4)c4ccccc34)nc(-c3ccccc3)n2)cc1. The highest BCUT2D eigenvalue weighted by Gasteiger charge is 2.19. The molecule has 57 heavy (non-hydrogen) atoms. The van der Waals surface area contributed by atoms with Crippen molar-refractivity contribution in [1.82, 2.24) is 9.97 Å². The highest BCUT2D eigenvalue weighted by atomic mass is 16.3. The van der Waals surface area contributed by atoms with Crippen LogP contribution < -0.4 is 0 Å². The van der Waals surface area contributed by atoms with Crippen molar-refractivity contribution < 1.29 is 4.42 Å². The molecule has 0 N–H and O–H groups in total. The second-order valence-electron chi connectivity index (χ2n) is 14.5. The van der Waals surface area contributed by atoms with Crippen LogP contribution in [-0.2, 0) is 0 Å². The Labute approximate surface area is 330 Å². The zero-order chi connectivity index (χ0) is 37.7. The first-order chi connectivity index (χ1) is 28.3. The first-order valence-electron chi connectivity index (χ1n) is 19.3. The molecule has 2 aromatic heterocycles.